The zero-order valence-corrected chi connectivity index (χ0v) is 12.3. The number of benzene rings is 1. The SMILES string of the molecule is C#Cc1cn2cc(-c3ccc(C(F)(F)F)cc3)cc(C(F)(F)F)c2n1. The largest absolute Gasteiger partial charge is 0.420 e. The Bertz CT molecular complexity index is 972. The molecule has 1 aromatic carbocycles. The summed E-state index contributed by atoms with van der Waals surface area (Å²) >= 11 is 0. The first-order chi connectivity index (χ1) is 11.6. The molecule has 2 heterocycles. The number of hydrogen-bond donors (Lipinski definition) is 0. The van der Waals surface area contributed by atoms with Crippen LogP contribution in [0, 0.1) is 12.3 Å². The molecule has 0 saturated carbocycles. The molecule has 0 radical (unpaired) electrons. The zero-order valence-electron chi connectivity index (χ0n) is 12.3. The van der Waals surface area contributed by atoms with Gasteiger partial charge in [-0.3, -0.25) is 0 Å². The van der Waals surface area contributed by atoms with E-state index < -0.39 is 23.5 Å². The van der Waals surface area contributed by atoms with E-state index in [2.05, 4.69) is 10.9 Å². The molecule has 3 aromatic rings. The van der Waals surface area contributed by atoms with E-state index >= 15 is 0 Å². The topological polar surface area (TPSA) is 17.3 Å². The van der Waals surface area contributed by atoms with Gasteiger partial charge in [-0.05, 0) is 35.2 Å². The highest BCUT2D eigenvalue weighted by atomic mass is 19.4. The fourth-order valence-electron chi connectivity index (χ4n) is 2.39. The summed E-state index contributed by atoms with van der Waals surface area (Å²) in [5.74, 6) is 2.15. The lowest BCUT2D eigenvalue weighted by molar-refractivity contribution is -0.138. The molecule has 0 bridgehead atoms. The minimum atomic E-state index is -4.69. The lowest BCUT2D eigenvalue weighted by atomic mass is 10.0. The maximum Gasteiger partial charge on any atom is 0.420 e. The summed E-state index contributed by atoms with van der Waals surface area (Å²) in [4.78, 5) is 3.74. The van der Waals surface area contributed by atoms with E-state index in [-0.39, 0.29) is 22.5 Å². The smallest absolute Gasteiger partial charge is 0.305 e. The van der Waals surface area contributed by atoms with Crippen LogP contribution in [-0.2, 0) is 12.4 Å². The third-order valence-corrected chi connectivity index (χ3v) is 3.55. The number of rotatable bonds is 1. The molecule has 2 nitrogen and oxygen atoms in total. The Morgan fingerprint density at radius 1 is 0.880 bits per heavy atom. The van der Waals surface area contributed by atoms with Gasteiger partial charge in [-0.15, -0.1) is 6.42 Å². The highest BCUT2D eigenvalue weighted by Gasteiger charge is 2.35. The Morgan fingerprint density at radius 3 is 2.04 bits per heavy atom. The first kappa shape index (κ1) is 16.9. The van der Waals surface area contributed by atoms with E-state index in [1.54, 1.807) is 0 Å². The van der Waals surface area contributed by atoms with Gasteiger partial charge in [0.25, 0.3) is 0 Å². The second-order valence-corrected chi connectivity index (χ2v) is 5.22. The Labute approximate surface area is 137 Å². The van der Waals surface area contributed by atoms with Crippen LogP contribution in [0.3, 0.4) is 0 Å². The molecular formula is C17H8F6N2. The van der Waals surface area contributed by atoms with E-state index in [9.17, 15) is 26.3 Å². The number of nitrogens with zero attached hydrogens (tertiary/aromatic N) is 2. The fourth-order valence-corrected chi connectivity index (χ4v) is 2.39. The minimum absolute atomic E-state index is 0.0232. The maximum atomic E-state index is 13.3. The molecule has 0 atom stereocenters. The summed E-state index contributed by atoms with van der Waals surface area (Å²) in [6.45, 7) is 0. The number of alkyl halides is 6. The van der Waals surface area contributed by atoms with Gasteiger partial charge in [0.15, 0.2) is 5.65 Å². The van der Waals surface area contributed by atoms with Crippen LogP contribution in [-0.4, -0.2) is 9.38 Å². The second-order valence-electron chi connectivity index (χ2n) is 5.22. The number of halogens is 6. The van der Waals surface area contributed by atoms with Gasteiger partial charge in [0.1, 0.15) is 5.69 Å². The van der Waals surface area contributed by atoms with Crippen LogP contribution in [0.25, 0.3) is 16.8 Å². The van der Waals surface area contributed by atoms with Gasteiger partial charge in [-0.2, -0.15) is 26.3 Å². The molecule has 8 heteroatoms. The second kappa shape index (κ2) is 5.55. The number of terminal acetylenes is 1. The maximum absolute atomic E-state index is 13.3. The summed E-state index contributed by atoms with van der Waals surface area (Å²) < 4.78 is 78.8. The van der Waals surface area contributed by atoms with Crippen LogP contribution in [0.5, 0.6) is 0 Å². The van der Waals surface area contributed by atoms with Gasteiger partial charge < -0.3 is 4.40 Å². The molecule has 0 unspecified atom stereocenters. The lowest BCUT2D eigenvalue weighted by Gasteiger charge is -2.12. The molecule has 25 heavy (non-hydrogen) atoms. The van der Waals surface area contributed by atoms with Gasteiger partial charge >= 0.3 is 12.4 Å². The molecular weight excluding hydrogens is 346 g/mol. The summed E-state index contributed by atoms with van der Waals surface area (Å²) in [7, 11) is 0. The molecule has 0 aliphatic heterocycles. The van der Waals surface area contributed by atoms with E-state index in [1.165, 1.54) is 12.4 Å². The van der Waals surface area contributed by atoms with Gasteiger partial charge in [0, 0.05) is 12.4 Å². The predicted molar refractivity (Wildman–Crippen MR) is 78.6 cm³/mol. The van der Waals surface area contributed by atoms with Crippen LogP contribution in [0.15, 0.2) is 42.7 Å². The Balaban J connectivity index is 2.18. The minimum Gasteiger partial charge on any atom is -0.305 e. The highest BCUT2D eigenvalue weighted by molar-refractivity contribution is 5.68. The van der Waals surface area contributed by atoms with Crippen molar-refractivity contribution < 1.29 is 26.3 Å². The summed E-state index contributed by atoms with van der Waals surface area (Å²) in [5.41, 5.74) is -1.95. The molecule has 0 aliphatic carbocycles. The number of hydrogen-bond acceptors (Lipinski definition) is 1. The van der Waals surface area contributed by atoms with Crippen molar-refractivity contribution >= 4 is 5.65 Å². The number of fused-ring (bicyclic) bond motifs is 1. The van der Waals surface area contributed by atoms with Gasteiger partial charge in [0.2, 0.25) is 0 Å². The van der Waals surface area contributed by atoms with Crippen molar-refractivity contribution in [2.45, 2.75) is 12.4 Å². The average Bonchev–Trinajstić information content (AvgIpc) is 2.95. The molecule has 0 N–H and O–H groups in total. The quantitative estimate of drug-likeness (QED) is 0.443. The van der Waals surface area contributed by atoms with Gasteiger partial charge in [-0.25, -0.2) is 4.98 Å². The third-order valence-electron chi connectivity index (χ3n) is 3.55. The zero-order chi connectivity index (χ0) is 18.4. The van der Waals surface area contributed by atoms with Crippen LogP contribution in [0.1, 0.15) is 16.8 Å². The van der Waals surface area contributed by atoms with Gasteiger partial charge in [-0.1, -0.05) is 12.1 Å². The van der Waals surface area contributed by atoms with Crippen molar-refractivity contribution in [1.29, 1.82) is 0 Å². The molecule has 3 rings (SSSR count). The molecule has 0 fully saturated rings. The van der Waals surface area contributed by atoms with Crippen LogP contribution in [0.2, 0.25) is 0 Å². The van der Waals surface area contributed by atoms with Crippen molar-refractivity contribution in [3.8, 4) is 23.5 Å². The van der Waals surface area contributed by atoms with E-state index in [0.717, 1.165) is 34.7 Å². The van der Waals surface area contributed by atoms with E-state index in [4.69, 9.17) is 6.42 Å². The Kier molecular flexibility index (Phi) is 3.75. The van der Waals surface area contributed by atoms with E-state index in [0.29, 0.717) is 0 Å². The molecule has 0 aliphatic rings. The standard InChI is InChI=1S/C17H8F6N2/c1-2-13-9-25-8-11(7-14(15(25)24-13)17(21,22)23)10-3-5-12(6-4-10)16(18,19)20/h1,3-9H. The van der Waals surface area contributed by atoms with Crippen molar-refractivity contribution in [3.05, 3.63) is 59.5 Å². The normalized spacial score (nSPS) is 12.4. The summed E-state index contributed by atoms with van der Waals surface area (Å²) in [5, 5.41) is 0. The third kappa shape index (κ3) is 3.18. The summed E-state index contributed by atoms with van der Waals surface area (Å²) in [6.07, 6.45) is -1.47. The monoisotopic (exact) mass is 354 g/mol. The molecule has 2 aromatic heterocycles. The molecule has 0 saturated heterocycles. The fraction of sp³-hybridized carbons (Fsp3) is 0.118. The van der Waals surface area contributed by atoms with Crippen LogP contribution >= 0.6 is 0 Å². The van der Waals surface area contributed by atoms with Crippen molar-refractivity contribution in [2.75, 3.05) is 0 Å². The highest BCUT2D eigenvalue weighted by Crippen LogP contribution is 2.36. The molecule has 0 amide bonds. The molecule has 0 spiro atoms. The van der Waals surface area contributed by atoms with Crippen LogP contribution in [0.4, 0.5) is 26.3 Å². The molecule has 128 valence electrons. The first-order valence-corrected chi connectivity index (χ1v) is 6.84. The van der Waals surface area contributed by atoms with Crippen LogP contribution < -0.4 is 0 Å². The Hall–Kier alpha value is -2.95. The number of aromatic nitrogens is 2. The van der Waals surface area contributed by atoms with E-state index in [1.807, 2.05) is 0 Å². The lowest BCUT2D eigenvalue weighted by Crippen LogP contribution is -2.08. The number of imidazole rings is 1. The van der Waals surface area contributed by atoms with Crippen molar-refractivity contribution in [1.82, 2.24) is 9.38 Å². The Morgan fingerprint density at radius 2 is 1.52 bits per heavy atom. The summed E-state index contributed by atoms with van der Waals surface area (Å²) in [6, 6.07) is 4.69. The van der Waals surface area contributed by atoms with Crippen molar-refractivity contribution in [2.24, 2.45) is 0 Å². The predicted octanol–water partition coefficient (Wildman–Crippen LogP) is 5.02. The first-order valence-electron chi connectivity index (χ1n) is 6.84. The number of pyridine rings is 1. The average molecular weight is 354 g/mol. The van der Waals surface area contributed by atoms with Crippen molar-refractivity contribution in [3.63, 3.8) is 0 Å². The van der Waals surface area contributed by atoms with Gasteiger partial charge in [0.05, 0.1) is 11.1 Å².